The maximum absolute atomic E-state index is 12.7. The maximum atomic E-state index is 12.7. The highest BCUT2D eigenvalue weighted by atomic mass is 32.2. The molecule has 1 saturated heterocycles. The Hall–Kier alpha value is -1.12. The normalized spacial score (nSPS) is 25.8. The molecule has 94 valence electrons. The molecule has 8 heteroatoms. The first kappa shape index (κ1) is 12.3. The molecule has 2 heterocycles. The lowest BCUT2D eigenvalue weighted by atomic mass is 9.99. The van der Waals surface area contributed by atoms with Gasteiger partial charge in [-0.15, -0.1) is 0 Å². The van der Waals surface area contributed by atoms with Crippen LogP contribution in [-0.2, 0) is 14.9 Å². The minimum Gasteiger partial charge on any atom is -0.380 e. The molecule has 1 aliphatic rings. The predicted octanol–water partition coefficient (Wildman–Crippen LogP) is 0.376. The summed E-state index contributed by atoms with van der Waals surface area (Å²) in [6, 6.07) is 0. The molecule has 0 bridgehead atoms. The van der Waals surface area contributed by atoms with Crippen LogP contribution in [-0.4, -0.2) is 41.4 Å². The summed E-state index contributed by atoms with van der Waals surface area (Å²) in [7, 11) is -4.23. The molecule has 0 unspecified atom stereocenters. The number of aromatic nitrogens is 2. The van der Waals surface area contributed by atoms with Gasteiger partial charge in [0.2, 0.25) is 0 Å². The Labute approximate surface area is 97.6 Å². The Morgan fingerprint density at radius 1 is 1.41 bits per heavy atom. The molecule has 0 saturated carbocycles. The van der Waals surface area contributed by atoms with Gasteiger partial charge in [-0.3, -0.25) is 4.55 Å². The fourth-order valence-corrected chi connectivity index (χ4v) is 2.76. The average Bonchev–Trinajstić information content (AvgIpc) is 2.29. The molecular formula is C9H11FN2O4S. The van der Waals surface area contributed by atoms with Crippen molar-refractivity contribution >= 4 is 10.1 Å². The monoisotopic (exact) mass is 262 g/mol. The van der Waals surface area contributed by atoms with Gasteiger partial charge >= 0.3 is 0 Å². The van der Waals surface area contributed by atoms with Gasteiger partial charge in [0.05, 0.1) is 19.0 Å². The van der Waals surface area contributed by atoms with E-state index in [1.807, 2.05) is 0 Å². The Morgan fingerprint density at radius 3 is 2.65 bits per heavy atom. The smallest absolute Gasteiger partial charge is 0.270 e. The first-order valence-electron chi connectivity index (χ1n) is 5.00. The van der Waals surface area contributed by atoms with Gasteiger partial charge in [-0.25, -0.2) is 14.4 Å². The van der Waals surface area contributed by atoms with Gasteiger partial charge in [0.1, 0.15) is 11.1 Å². The summed E-state index contributed by atoms with van der Waals surface area (Å²) in [6.45, 7) is 0.252. The molecular weight excluding hydrogens is 251 g/mol. The van der Waals surface area contributed by atoms with E-state index >= 15 is 0 Å². The maximum Gasteiger partial charge on any atom is 0.270 e. The molecule has 0 spiro atoms. The van der Waals surface area contributed by atoms with Crippen LogP contribution in [0.15, 0.2) is 12.4 Å². The average molecular weight is 262 g/mol. The van der Waals surface area contributed by atoms with Crippen LogP contribution in [0.1, 0.15) is 18.2 Å². The molecule has 0 aliphatic carbocycles. The summed E-state index contributed by atoms with van der Waals surface area (Å²) < 4.78 is 49.1. The van der Waals surface area contributed by atoms with Crippen LogP contribution in [0.5, 0.6) is 0 Å². The van der Waals surface area contributed by atoms with Gasteiger partial charge in [0.15, 0.2) is 5.82 Å². The van der Waals surface area contributed by atoms with Crippen LogP contribution in [0, 0.1) is 5.82 Å². The van der Waals surface area contributed by atoms with Crippen molar-refractivity contribution in [3.8, 4) is 0 Å². The Kier molecular flexibility index (Phi) is 3.36. The highest BCUT2D eigenvalue weighted by Gasteiger charge is 2.37. The minimum atomic E-state index is -4.23. The lowest BCUT2D eigenvalue weighted by Gasteiger charge is -2.27. The van der Waals surface area contributed by atoms with Crippen LogP contribution >= 0.6 is 0 Å². The van der Waals surface area contributed by atoms with Crippen molar-refractivity contribution in [2.45, 2.75) is 17.6 Å². The minimum absolute atomic E-state index is 0.107. The third-order valence-corrected chi connectivity index (χ3v) is 3.89. The highest BCUT2D eigenvalue weighted by Crippen LogP contribution is 2.28. The van der Waals surface area contributed by atoms with Gasteiger partial charge < -0.3 is 4.74 Å². The third-order valence-electron chi connectivity index (χ3n) is 2.66. The summed E-state index contributed by atoms with van der Waals surface area (Å²) in [6.07, 6.45) is 2.31. The van der Waals surface area contributed by atoms with Gasteiger partial charge in [0, 0.05) is 12.5 Å². The lowest BCUT2D eigenvalue weighted by molar-refractivity contribution is 0.0840. The quantitative estimate of drug-likeness (QED) is 0.775. The van der Waals surface area contributed by atoms with Crippen LogP contribution in [0.4, 0.5) is 4.39 Å². The first-order valence-corrected chi connectivity index (χ1v) is 6.50. The molecule has 2 atom stereocenters. The molecule has 0 radical (unpaired) electrons. The van der Waals surface area contributed by atoms with Crippen molar-refractivity contribution in [1.29, 1.82) is 0 Å². The van der Waals surface area contributed by atoms with E-state index in [9.17, 15) is 12.8 Å². The zero-order valence-corrected chi connectivity index (χ0v) is 9.60. The van der Waals surface area contributed by atoms with Crippen molar-refractivity contribution in [2.24, 2.45) is 0 Å². The molecule has 1 aromatic rings. The van der Waals surface area contributed by atoms with Crippen LogP contribution < -0.4 is 0 Å². The molecule has 1 N–H and O–H groups in total. The van der Waals surface area contributed by atoms with E-state index in [-0.39, 0.29) is 12.4 Å². The number of halogens is 1. The van der Waals surface area contributed by atoms with E-state index in [0.29, 0.717) is 13.0 Å². The number of ether oxygens (including phenoxy) is 1. The van der Waals surface area contributed by atoms with Gasteiger partial charge in [-0.1, -0.05) is 0 Å². The number of rotatable bonds is 2. The summed E-state index contributed by atoms with van der Waals surface area (Å²) >= 11 is 0. The summed E-state index contributed by atoms with van der Waals surface area (Å²) in [4.78, 5) is 7.50. The summed E-state index contributed by atoms with van der Waals surface area (Å²) in [5.74, 6) is -0.958. The van der Waals surface area contributed by atoms with Gasteiger partial charge in [-0.05, 0) is 6.42 Å². The Morgan fingerprint density at radius 2 is 2.06 bits per heavy atom. The molecule has 0 amide bonds. The van der Waals surface area contributed by atoms with Crippen molar-refractivity contribution in [2.75, 3.05) is 13.2 Å². The number of hydrogen-bond donors (Lipinski definition) is 1. The topological polar surface area (TPSA) is 89.4 Å². The molecule has 1 aliphatic heterocycles. The highest BCUT2D eigenvalue weighted by molar-refractivity contribution is 7.86. The van der Waals surface area contributed by atoms with Gasteiger partial charge in [0.25, 0.3) is 10.1 Å². The molecule has 2 rings (SSSR count). The summed E-state index contributed by atoms with van der Waals surface area (Å²) in [5, 5.41) is -1.10. The van der Waals surface area contributed by atoms with E-state index in [2.05, 4.69) is 9.97 Å². The van der Waals surface area contributed by atoms with E-state index < -0.39 is 27.1 Å². The van der Waals surface area contributed by atoms with Crippen molar-refractivity contribution < 1.29 is 22.1 Å². The fourth-order valence-electron chi connectivity index (χ4n) is 1.81. The second-order valence-corrected chi connectivity index (χ2v) is 5.42. The molecule has 1 aromatic heterocycles. The van der Waals surface area contributed by atoms with Gasteiger partial charge in [-0.2, -0.15) is 8.42 Å². The third kappa shape index (κ3) is 2.76. The van der Waals surface area contributed by atoms with E-state index in [1.165, 1.54) is 0 Å². The fraction of sp³-hybridized carbons (Fsp3) is 0.556. The summed E-state index contributed by atoms with van der Waals surface area (Å²) in [5.41, 5.74) is 0. The zero-order valence-electron chi connectivity index (χ0n) is 8.78. The zero-order chi connectivity index (χ0) is 12.5. The molecule has 1 fully saturated rings. The second kappa shape index (κ2) is 4.63. The van der Waals surface area contributed by atoms with Crippen LogP contribution in [0.3, 0.4) is 0 Å². The van der Waals surface area contributed by atoms with E-state index in [0.717, 1.165) is 12.4 Å². The van der Waals surface area contributed by atoms with E-state index in [4.69, 9.17) is 9.29 Å². The Balaban J connectivity index is 2.31. The lowest BCUT2D eigenvalue weighted by Crippen LogP contribution is -2.38. The standard InChI is InChI=1S/C9H11FN2O4S/c10-6-3-11-9(12-4-6)7-1-2-16-5-8(7)17(13,14)15/h3-4,7-8H,1-2,5H2,(H,13,14,15)/t7-,8+/m1/s1. The molecule has 17 heavy (non-hydrogen) atoms. The second-order valence-electron chi connectivity index (χ2n) is 3.78. The van der Waals surface area contributed by atoms with Crippen molar-refractivity contribution in [3.05, 3.63) is 24.0 Å². The van der Waals surface area contributed by atoms with Crippen LogP contribution in [0.2, 0.25) is 0 Å². The predicted molar refractivity (Wildman–Crippen MR) is 55.5 cm³/mol. The van der Waals surface area contributed by atoms with Crippen molar-refractivity contribution in [3.63, 3.8) is 0 Å². The molecule has 6 nitrogen and oxygen atoms in total. The SMILES string of the molecule is O=S(=O)(O)[C@H]1COCC[C@H]1c1ncc(F)cn1. The Bertz CT molecular complexity index is 490. The van der Waals surface area contributed by atoms with Crippen LogP contribution in [0.25, 0.3) is 0 Å². The number of hydrogen-bond acceptors (Lipinski definition) is 5. The first-order chi connectivity index (χ1) is 7.98. The van der Waals surface area contributed by atoms with Crippen molar-refractivity contribution in [1.82, 2.24) is 9.97 Å². The number of nitrogens with zero attached hydrogens (tertiary/aromatic N) is 2. The molecule has 0 aromatic carbocycles. The largest absolute Gasteiger partial charge is 0.380 e. The van der Waals surface area contributed by atoms with E-state index in [1.54, 1.807) is 0 Å².